The third kappa shape index (κ3) is 0.752. The Bertz CT molecular complexity index is 82.4. The van der Waals surface area contributed by atoms with E-state index in [4.69, 9.17) is 5.73 Å². The molecule has 0 unspecified atom stereocenters. The fourth-order valence-corrected chi connectivity index (χ4v) is 1.18. The molecule has 0 radical (unpaired) electrons. The van der Waals surface area contributed by atoms with E-state index in [1.165, 1.54) is 12.8 Å². The third-order valence-electron chi connectivity index (χ3n) is 2.52. The Balaban J connectivity index is 2.41. The van der Waals surface area contributed by atoms with E-state index in [0.29, 0.717) is 5.41 Å². The van der Waals surface area contributed by atoms with E-state index in [1.807, 2.05) is 0 Å². The summed E-state index contributed by atoms with van der Waals surface area (Å²) < 4.78 is 0. The Morgan fingerprint density at radius 3 is 2.00 bits per heavy atom. The van der Waals surface area contributed by atoms with Crippen molar-refractivity contribution >= 4 is 0 Å². The molecule has 2 N–H and O–H groups in total. The van der Waals surface area contributed by atoms with Gasteiger partial charge in [0.1, 0.15) is 0 Å². The van der Waals surface area contributed by atoms with Gasteiger partial charge in [0, 0.05) is 0 Å². The summed E-state index contributed by atoms with van der Waals surface area (Å²) in [6, 6.07) is 0. The lowest BCUT2D eigenvalue weighted by atomic mass is 9.93. The lowest BCUT2D eigenvalue weighted by Gasteiger charge is -2.15. The highest BCUT2D eigenvalue weighted by Gasteiger charge is 2.43. The zero-order chi connectivity index (χ0) is 6.20. The Hall–Kier alpha value is -0.0400. The molecule has 0 aromatic rings. The third-order valence-corrected chi connectivity index (χ3v) is 2.52. The fraction of sp³-hybridized carbons (Fsp3) is 1.00. The average molecular weight is 113 g/mol. The van der Waals surface area contributed by atoms with Crippen LogP contribution in [-0.4, -0.2) is 6.54 Å². The molecule has 0 aromatic carbocycles. The Labute approximate surface area is 51.3 Å². The number of nitrogens with two attached hydrogens (primary N) is 1. The maximum Gasteiger partial charge on any atom is -0.00181 e. The molecule has 0 heterocycles. The van der Waals surface area contributed by atoms with Crippen molar-refractivity contribution in [1.29, 1.82) is 0 Å². The second-order valence-corrected chi connectivity index (χ2v) is 3.22. The van der Waals surface area contributed by atoms with Crippen molar-refractivity contribution in [3.8, 4) is 0 Å². The summed E-state index contributed by atoms with van der Waals surface area (Å²) in [5, 5.41) is 0. The summed E-state index contributed by atoms with van der Waals surface area (Å²) in [6.07, 6.45) is 2.72. The van der Waals surface area contributed by atoms with E-state index in [0.717, 1.165) is 12.5 Å². The molecular weight excluding hydrogens is 98.1 g/mol. The van der Waals surface area contributed by atoms with Crippen LogP contribution in [0.4, 0.5) is 0 Å². The Kier molecular flexibility index (Phi) is 1.31. The lowest BCUT2D eigenvalue weighted by Crippen LogP contribution is -2.20. The van der Waals surface area contributed by atoms with Gasteiger partial charge < -0.3 is 5.73 Å². The van der Waals surface area contributed by atoms with Crippen molar-refractivity contribution in [1.82, 2.24) is 0 Å². The van der Waals surface area contributed by atoms with Gasteiger partial charge in [-0.2, -0.15) is 0 Å². The first kappa shape index (κ1) is 6.09. The molecule has 1 aliphatic rings. The van der Waals surface area contributed by atoms with Crippen LogP contribution in [0.25, 0.3) is 0 Å². The normalized spacial score (nSPS) is 24.0. The molecule has 1 saturated carbocycles. The van der Waals surface area contributed by atoms with Gasteiger partial charge in [0.05, 0.1) is 0 Å². The first-order chi connectivity index (χ1) is 3.71. The monoisotopic (exact) mass is 113 g/mol. The van der Waals surface area contributed by atoms with E-state index >= 15 is 0 Å². The van der Waals surface area contributed by atoms with Crippen LogP contribution in [0, 0.1) is 11.3 Å². The van der Waals surface area contributed by atoms with Crippen molar-refractivity contribution in [2.45, 2.75) is 26.7 Å². The molecule has 8 heavy (non-hydrogen) atoms. The summed E-state index contributed by atoms with van der Waals surface area (Å²) >= 11 is 0. The number of hydrogen-bond donors (Lipinski definition) is 1. The average Bonchev–Trinajstić information content (AvgIpc) is 2.44. The topological polar surface area (TPSA) is 26.0 Å². The highest BCUT2D eigenvalue weighted by atomic mass is 14.7. The molecule has 48 valence electrons. The summed E-state index contributed by atoms with van der Waals surface area (Å²) in [5.41, 5.74) is 6.14. The minimum Gasteiger partial charge on any atom is -0.330 e. The lowest BCUT2D eigenvalue weighted by molar-refractivity contribution is 0.370. The van der Waals surface area contributed by atoms with Crippen molar-refractivity contribution < 1.29 is 0 Å². The first-order valence-corrected chi connectivity index (χ1v) is 3.41. The fourth-order valence-electron chi connectivity index (χ4n) is 1.18. The SMILES string of the molecule is CC(C)C1(CN)CC1. The van der Waals surface area contributed by atoms with Gasteiger partial charge in [-0.15, -0.1) is 0 Å². The van der Waals surface area contributed by atoms with E-state index in [2.05, 4.69) is 13.8 Å². The minimum absolute atomic E-state index is 0.569. The Morgan fingerprint density at radius 1 is 1.50 bits per heavy atom. The van der Waals surface area contributed by atoms with Crippen molar-refractivity contribution in [3.63, 3.8) is 0 Å². The zero-order valence-electron chi connectivity index (χ0n) is 5.78. The van der Waals surface area contributed by atoms with E-state index in [9.17, 15) is 0 Å². The Morgan fingerprint density at radius 2 is 2.00 bits per heavy atom. The van der Waals surface area contributed by atoms with Gasteiger partial charge in [0.2, 0.25) is 0 Å². The standard InChI is InChI=1S/C7H15N/c1-6(2)7(5-8)3-4-7/h6H,3-5,8H2,1-2H3. The van der Waals surface area contributed by atoms with Crippen LogP contribution < -0.4 is 5.73 Å². The van der Waals surface area contributed by atoms with Crippen LogP contribution in [0.5, 0.6) is 0 Å². The van der Waals surface area contributed by atoms with E-state index in [-0.39, 0.29) is 0 Å². The van der Waals surface area contributed by atoms with Gasteiger partial charge in [0.15, 0.2) is 0 Å². The van der Waals surface area contributed by atoms with Gasteiger partial charge in [-0.25, -0.2) is 0 Å². The molecule has 1 heteroatoms. The predicted molar refractivity (Wildman–Crippen MR) is 35.6 cm³/mol. The summed E-state index contributed by atoms with van der Waals surface area (Å²) in [5.74, 6) is 0.799. The molecule has 0 aromatic heterocycles. The molecule has 1 aliphatic carbocycles. The number of hydrogen-bond acceptors (Lipinski definition) is 1. The highest BCUT2D eigenvalue weighted by molar-refractivity contribution is 4.95. The molecule has 1 fully saturated rings. The molecule has 0 atom stereocenters. The molecule has 0 aliphatic heterocycles. The molecular formula is C7H15N. The second-order valence-electron chi connectivity index (χ2n) is 3.22. The number of rotatable bonds is 2. The second kappa shape index (κ2) is 1.73. The van der Waals surface area contributed by atoms with Gasteiger partial charge in [-0.1, -0.05) is 13.8 Å². The highest BCUT2D eigenvalue weighted by Crippen LogP contribution is 2.50. The zero-order valence-corrected chi connectivity index (χ0v) is 5.78. The van der Waals surface area contributed by atoms with Crippen molar-refractivity contribution in [2.75, 3.05) is 6.54 Å². The molecule has 0 bridgehead atoms. The molecule has 1 rings (SSSR count). The van der Waals surface area contributed by atoms with Crippen molar-refractivity contribution in [2.24, 2.45) is 17.1 Å². The predicted octanol–water partition coefficient (Wildman–Crippen LogP) is 1.38. The van der Waals surface area contributed by atoms with Gasteiger partial charge in [0.25, 0.3) is 0 Å². The molecule has 1 nitrogen and oxygen atoms in total. The molecule has 0 amide bonds. The van der Waals surface area contributed by atoms with Crippen LogP contribution in [-0.2, 0) is 0 Å². The summed E-state index contributed by atoms with van der Waals surface area (Å²) in [4.78, 5) is 0. The quantitative estimate of drug-likeness (QED) is 0.575. The first-order valence-electron chi connectivity index (χ1n) is 3.41. The smallest absolute Gasteiger partial charge is 0.00181 e. The largest absolute Gasteiger partial charge is 0.330 e. The van der Waals surface area contributed by atoms with E-state index < -0.39 is 0 Å². The maximum absolute atomic E-state index is 5.57. The van der Waals surface area contributed by atoms with Crippen LogP contribution in [0.15, 0.2) is 0 Å². The van der Waals surface area contributed by atoms with Crippen LogP contribution >= 0.6 is 0 Å². The molecule has 0 saturated heterocycles. The van der Waals surface area contributed by atoms with Crippen LogP contribution in [0.2, 0.25) is 0 Å². The van der Waals surface area contributed by atoms with Gasteiger partial charge in [-0.3, -0.25) is 0 Å². The van der Waals surface area contributed by atoms with Crippen LogP contribution in [0.1, 0.15) is 26.7 Å². The minimum atomic E-state index is 0.569. The summed E-state index contributed by atoms with van der Waals surface area (Å²) in [7, 11) is 0. The van der Waals surface area contributed by atoms with Gasteiger partial charge >= 0.3 is 0 Å². The maximum atomic E-state index is 5.57. The van der Waals surface area contributed by atoms with Crippen molar-refractivity contribution in [3.05, 3.63) is 0 Å². The van der Waals surface area contributed by atoms with E-state index in [1.54, 1.807) is 0 Å². The molecule has 0 spiro atoms. The van der Waals surface area contributed by atoms with Gasteiger partial charge in [-0.05, 0) is 30.7 Å². The summed E-state index contributed by atoms with van der Waals surface area (Å²) in [6.45, 7) is 5.42. The van der Waals surface area contributed by atoms with Crippen LogP contribution in [0.3, 0.4) is 0 Å².